The fourth-order valence-electron chi connectivity index (χ4n) is 1.78. The maximum atomic E-state index is 11.0. The molecule has 0 aliphatic carbocycles. The van der Waals surface area contributed by atoms with Gasteiger partial charge in [0, 0.05) is 15.8 Å². The highest BCUT2D eigenvalue weighted by Crippen LogP contribution is 2.17. The first kappa shape index (κ1) is 15.3. The molecule has 5 nitrogen and oxygen atoms in total. The second-order valence-electron chi connectivity index (χ2n) is 4.39. The summed E-state index contributed by atoms with van der Waals surface area (Å²) in [5, 5.41) is 21.1. The average molecular weight is 397 g/mol. The predicted molar refractivity (Wildman–Crippen MR) is 86.8 cm³/mol. The summed E-state index contributed by atoms with van der Waals surface area (Å²) in [7, 11) is 0. The van der Waals surface area contributed by atoms with Gasteiger partial charge in [-0.05, 0) is 58.5 Å². The van der Waals surface area contributed by atoms with E-state index in [2.05, 4.69) is 27.9 Å². The highest BCUT2D eigenvalue weighted by atomic mass is 127. The van der Waals surface area contributed by atoms with Crippen molar-refractivity contribution >= 4 is 40.2 Å². The molecule has 21 heavy (non-hydrogen) atoms. The summed E-state index contributed by atoms with van der Waals surface area (Å²) in [4.78, 5) is 22.0. The van der Waals surface area contributed by atoms with Crippen LogP contribution >= 0.6 is 22.6 Å². The van der Waals surface area contributed by atoms with Gasteiger partial charge in [-0.15, -0.1) is 0 Å². The fraction of sp³-hybridized carbons (Fsp3) is 0.0667. The molecule has 0 saturated carbocycles. The van der Waals surface area contributed by atoms with Crippen LogP contribution in [0.5, 0.6) is 0 Å². The fourth-order valence-corrected chi connectivity index (χ4v) is 2.14. The SMILES string of the molecule is O=C(O)c1cc(NCc2ccc(I)cc2)cc(C(=O)O)c1. The Morgan fingerprint density at radius 1 is 0.952 bits per heavy atom. The molecule has 0 amide bonds. The molecule has 2 rings (SSSR count). The van der Waals surface area contributed by atoms with E-state index in [0.29, 0.717) is 12.2 Å². The number of benzene rings is 2. The number of nitrogens with one attached hydrogen (secondary N) is 1. The minimum atomic E-state index is -1.16. The quantitative estimate of drug-likeness (QED) is 0.675. The predicted octanol–water partition coefficient (Wildman–Crippen LogP) is 3.30. The summed E-state index contributed by atoms with van der Waals surface area (Å²) in [5.74, 6) is -2.31. The van der Waals surface area contributed by atoms with Crippen LogP contribution in [-0.4, -0.2) is 22.2 Å². The molecule has 0 fully saturated rings. The molecule has 0 atom stereocenters. The molecule has 0 unspecified atom stereocenters. The van der Waals surface area contributed by atoms with E-state index in [-0.39, 0.29) is 11.1 Å². The minimum Gasteiger partial charge on any atom is -0.478 e. The molecule has 0 bridgehead atoms. The Kier molecular flexibility index (Phi) is 4.79. The van der Waals surface area contributed by atoms with E-state index in [1.165, 1.54) is 12.1 Å². The first-order valence-corrected chi connectivity index (χ1v) is 7.13. The van der Waals surface area contributed by atoms with Crippen LogP contribution in [0.3, 0.4) is 0 Å². The van der Waals surface area contributed by atoms with Crippen molar-refractivity contribution in [2.24, 2.45) is 0 Å². The molecule has 2 aromatic rings. The Morgan fingerprint density at radius 2 is 1.48 bits per heavy atom. The van der Waals surface area contributed by atoms with Crippen molar-refractivity contribution < 1.29 is 19.8 Å². The van der Waals surface area contributed by atoms with Gasteiger partial charge in [0.1, 0.15) is 0 Å². The second kappa shape index (κ2) is 6.57. The summed E-state index contributed by atoms with van der Waals surface area (Å²) in [6, 6.07) is 11.8. The van der Waals surface area contributed by atoms with Crippen molar-refractivity contribution in [2.45, 2.75) is 6.54 Å². The van der Waals surface area contributed by atoms with Gasteiger partial charge in [-0.2, -0.15) is 0 Å². The summed E-state index contributed by atoms with van der Waals surface area (Å²) in [6.07, 6.45) is 0. The Bertz CT molecular complexity index is 650. The summed E-state index contributed by atoms with van der Waals surface area (Å²) < 4.78 is 1.12. The zero-order valence-electron chi connectivity index (χ0n) is 10.8. The number of carboxylic acids is 2. The van der Waals surface area contributed by atoms with Gasteiger partial charge >= 0.3 is 11.9 Å². The van der Waals surface area contributed by atoms with Crippen LogP contribution in [0, 0.1) is 3.57 Å². The number of anilines is 1. The Balaban J connectivity index is 2.20. The third kappa shape index (κ3) is 4.19. The number of hydrogen-bond acceptors (Lipinski definition) is 3. The van der Waals surface area contributed by atoms with Gasteiger partial charge in [0.05, 0.1) is 11.1 Å². The van der Waals surface area contributed by atoms with Gasteiger partial charge in [-0.1, -0.05) is 12.1 Å². The first-order valence-electron chi connectivity index (χ1n) is 6.05. The van der Waals surface area contributed by atoms with Gasteiger partial charge in [0.15, 0.2) is 0 Å². The minimum absolute atomic E-state index is 0.0555. The normalized spacial score (nSPS) is 10.1. The van der Waals surface area contributed by atoms with E-state index < -0.39 is 11.9 Å². The first-order chi connectivity index (χ1) is 9.95. The van der Waals surface area contributed by atoms with Gasteiger partial charge < -0.3 is 15.5 Å². The lowest BCUT2D eigenvalue weighted by molar-refractivity contribution is 0.0696. The van der Waals surface area contributed by atoms with Crippen LogP contribution in [0.15, 0.2) is 42.5 Å². The smallest absolute Gasteiger partial charge is 0.335 e. The second-order valence-corrected chi connectivity index (χ2v) is 5.63. The van der Waals surface area contributed by atoms with Crippen molar-refractivity contribution in [3.8, 4) is 0 Å². The number of halogens is 1. The van der Waals surface area contributed by atoms with Crippen molar-refractivity contribution in [3.05, 3.63) is 62.7 Å². The third-order valence-corrected chi connectivity index (χ3v) is 3.56. The van der Waals surface area contributed by atoms with E-state index in [0.717, 1.165) is 15.2 Å². The van der Waals surface area contributed by atoms with Crippen molar-refractivity contribution in [3.63, 3.8) is 0 Å². The summed E-state index contributed by atoms with van der Waals surface area (Å²) in [5.41, 5.74) is 1.37. The Labute approximate surface area is 134 Å². The molecule has 3 N–H and O–H groups in total. The lowest BCUT2D eigenvalue weighted by Crippen LogP contribution is -2.06. The summed E-state index contributed by atoms with van der Waals surface area (Å²) >= 11 is 2.21. The Hall–Kier alpha value is -2.09. The van der Waals surface area contributed by atoms with Crippen LogP contribution in [-0.2, 0) is 6.54 Å². The zero-order chi connectivity index (χ0) is 15.4. The summed E-state index contributed by atoms with van der Waals surface area (Å²) in [6.45, 7) is 0.485. The van der Waals surface area contributed by atoms with Gasteiger partial charge in [-0.3, -0.25) is 0 Å². The molecule has 0 saturated heterocycles. The highest BCUT2D eigenvalue weighted by molar-refractivity contribution is 14.1. The molecule has 6 heteroatoms. The van der Waals surface area contributed by atoms with Crippen molar-refractivity contribution in [1.82, 2.24) is 0 Å². The molecular formula is C15H12INO4. The maximum absolute atomic E-state index is 11.0. The lowest BCUT2D eigenvalue weighted by atomic mass is 10.1. The lowest BCUT2D eigenvalue weighted by Gasteiger charge is -2.09. The van der Waals surface area contributed by atoms with E-state index in [1.807, 2.05) is 24.3 Å². The van der Waals surface area contributed by atoms with Crippen molar-refractivity contribution in [1.29, 1.82) is 0 Å². The number of carbonyl (C=O) groups is 2. The number of carboxylic acid groups (broad SMARTS) is 2. The topological polar surface area (TPSA) is 86.6 Å². The highest BCUT2D eigenvalue weighted by Gasteiger charge is 2.11. The zero-order valence-corrected chi connectivity index (χ0v) is 13.0. The molecule has 0 radical (unpaired) electrons. The van der Waals surface area contributed by atoms with Crippen LogP contribution in [0.25, 0.3) is 0 Å². The number of aromatic carboxylic acids is 2. The van der Waals surface area contributed by atoms with E-state index >= 15 is 0 Å². The third-order valence-electron chi connectivity index (χ3n) is 2.84. The monoisotopic (exact) mass is 397 g/mol. The van der Waals surface area contributed by atoms with Crippen LogP contribution in [0.4, 0.5) is 5.69 Å². The maximum Gasteiger partial charge on any atom is 0.335 e. The number of hydrogen-bond donors (Lipinski definition) is 3. The Morgan fingerprint density at radius 3 is 1.95 bits per heavy atom. The largest absolute Gasteiger partial charge is 0.478 e. The molecular weight excluding hydrogens is 385 g/mol. The van der Waals surface area contributed by atoms with Crippen molar-refractivity contribution in [2.75, 3.05) is 5.32 Å². The van der Waals surface area contributed by atoms with Crippen LogP contribution in [0.1, 0.15) is 26.3 Å². The molecule has 0 aliphatic rings. The van der Waals surface area contributed by atoms with Crippen LogP contribution in [0.2, 0.25) is 0 Å². The van der Waals surface area contributed by atoms with E-state index in [4.69, 9.17) is 10.2 Å². The van der Waals surface area contributed by atoms with Crippen LogP contribution < -0.4 is 5.32 Å². The molecule has 0 aliphatic heterocycles. The van der Waals surface area contributed by atoms with Gasteiger partial charge in [0.2, 0.25) is 0 Å². The molecule has 2 aromatic carbocycles. The molecule has 108 valence electrons. The van der Waals surface area contributed by atoms with E-state index in [1.54, 1.807) is 0 Å². The molecule has 0 aromatic heterocycles. The standard InChI is InChI=1S/C15H12INO4/c16-12-3-1-9(2-4-12)8-17-13-6-10(14(18)19)5-11(7-13)15(20)21/h1-7,17H,8H2,(H,18,19)(H,20,21). The number of rotatable bonds is 5. The molecule has 0 spiro atoms. The van der Waals surface area contributed by atoms with E-state index in [9.17, 15) is 9.59 Å². The van der Waals surface area contributed by atoms with Gasteiger partial charge in [0.25, 0.3) is 0 Å². The molecule has 0 heterocycles. The average Bonchev–Trinajstić information content (AvgIpc) is 2.46. The van der Waals surface area contributed by atoms with Gasteiger partial charge in [-0.25, -0.2) is 9.59 Å².